The van der Waals surface area contributed by atoms with E-state index in [2.05, 4.69) is 5.32 Å². The number of esters is 6. The highest BCUT2D eigenvalue weighted by atomic mass is 16.8. The van der Waals surface area contributed by atoms with Crippen molar-refractivity contribution in [2.24, 2.45) is 0 Å². The van der Waals surface area contributed by atoms with Crippen LogP contribution in [0.1, 0.15) is 54.0 Å². The Morgan fingerprint density at radius 1 is 0.564 bits per heavy atom. The molecule has 0 radical (unpaired) electrons. The highest BCUT2D eigenvalue weighted by Crippen LogP contribution is 2.35. The molecule has 18 nitrogen and oxygen atoms in total. The SMILES string of the molecule is CC(=O)NC1[C@H](O[C@@H]2C(OC(C)=O)[C@H](OCc3ccc4ccccc4c3)OC(COC(C)=O)[C@H]2OC(C)=O)OC(COC(C)=O)[C@@H](OC(C)=O)[C@@H]1OC(C)=O. The molecule has 0 aromatic heterocycles. The second-order valence-electron chi connectivity index (χ2n) is 12.8. The number of fused-ring (bicyclic) bond motifs is 1. The largest absolute Gasteiger partial charge is 0.463 e. The van der Waals surface area contributed by atoms with Crippen molar-refractivity contribution < 1.29 is 80.9 Å². The number of amides is 1. The number of benzene rings is 2. The van der Waals surface area contributed by atoms with Gasteiger partial charge in [-0.15, -0.1) is 0 Å². The van der Waals surface area contributed by atoms with E-state index in [1.54, 1.807) is 0 Å². The first-order valence-corrected chi connectivity index (χ1v) is 17.3. The maximum Gasteiger partial charge on any atom is 0.303 e. The Morgan fingerprint density at radius 3 is 1.58 bits per heavy atom. The molecule has 300 valence electrons. The van der Waals surface area contributed by atoms with Gasteiger partial charge in [0, 0.05) is 48.5 Å². The van der Waals surface area contributed by atoms with Gasteiger partial charge in [0.05, 0.1) is 6.61 Å². The predicted octanol–water partition coefficient (Wildman–Crippen LogP) is 1.55. The molecular weight excluding hydrogens is 730 g/mol. The summed E-state index contributed by atoms with van der Waals surface area (Å²) in [4.78, 5) is 86.3. The van der Waals surface area contributed by atoms with Gasteiger partial charge in [0.15, 0.2) is 37.0 Å². The van der Waals surface area contributed by atoms with Crippen molar-refractivity contribution in [1.82, 2.24) is 5.32 Å². The van der Waals surface area contributed by atoms with Crippen LogP contribution in [0.4, 0.5) is 0 Å². The zero-order valence-corrected chi connectivity index (χ0v) is 31.4. The summed E-state index contributed by atoms with van der Waals surface area (Å²) in [6.45, 7) is 6.66. The summed E-state index contributed by atoms with van der Waals surface area (Å²) in [5, 5.41) is 4.49. The summed E-state index contributed by atoms with van der Waals surface area (Å²) in [5.74, 6) is -5.44. The first-order chi connectivity index (χ1) is 26.0. The highest BCUT2D eigenvalue weighted by molar-refractivity contribution is 5.83. The molecule has 2 aromatic rings. The molecule has 4 unspecified atom stereocenters. The van der Waals surface area contributed by atoms with E-state index in [-0.39, 0.29) is 6.61 Å². The Labute approximate surface area is 316 Å². The lowest BCUT2D eigenvalue weighted by atomic mass is 9.94. The van der Waals surface area contributed by atoms with Crippen LogP contribution in [-0.2, 0) is 87.5 Å². The van der Waals surface area contributed by atoms with E-state index in [1.165, 1.54) is 0 Å². The van der Waals surface area contributed by atoms with Crippen molar-refractivity contribution in [3.8, 4) is 0 Å². The van der Waals surface area contributed by atoms with Crippen molar-refractivity contribution in [2.75, 3.05) is 13.2 Å². The molecule has 0 aliphatic carbocycles. The van der Waals surface area contributed by atoms with Crippen LogP contribution < -0.4 is 5.32 Å². The van der Waals surface area contributed by atoms with Crippen LogP contribution in [0.25, 0.3) is 10.8 Å². The number of ether oxygens (including phenoxy) is 10. The lowest BCUT2D eigenvalue weighted by Gasteiger charge is -2.49. The minimum absolute atomic E-state index is 0.0873. The molecular formula is C37H45NO17. The average Bonchev–Trinajstić information content (AvgIpc) is 3.09. The second kappa shape index (κ2) is 19.4. The van der Waals surface area contributed by atoms with Crippen molar-refractivity contribution in [3.63, 3.8) is 0 Å². The van der Waals surface area contributed by atoms with Gasteiger partial charge in [-0.25, -0.2) is 0 Å². The lowest BCUT2D eigenvalue weighted by molar-refractivity contribution is -0.351. The Morgan fingerprint density at radius 2 is 1.05 bits per heavy atom. The van der Waals surface area contributed by atoms with E-state index in [4.69, 9.17) is 47.4 Å². The topological polar surface area (TPSA) is 224 Å². The minimum Gasteiger partial charge on any atom is -0.463 e. The number of carbonyl (C=O) groups is 7. The van der Waals surface area contributed by atoms with E-state index in [0.29, 0.717) is 5.56 Å². The Kier molecular flexibility index (Phi) is 15.0. The van der Waals surface area contributed by atoms with Gasteiger partial charge in [-0.3, -0.25) is 33.6 Å². The highest BCUT2D eigenvalue weighted by Gasteiger charge is 2.57. The lowest BCUT2D eigenvalue weighted by Crippen LogP contribution is -2.69. The van der Waals surface area contributed by atoms with E-state index >= 15 is 0 Å². The molecule has 18 heteroatoms. The van der Waals surface area contributed by atoms with Crippen LogP contribution in [-0.4, -0.2) is 116 Å². The molecule has 1 amide bonds. The third kappa shape index (κ3) is 12.2. The maximum atomic E-state index is 12.7. The molecule has 2 heterocycles. The van der Waals surface area contributed by atoms with Gasteiger partial charge in [-0.1, -0.05) is 36.4 Å². The summed E-state index contributed by atoms with van der Waals surface area (Å²) in [7, 11) is 0. The maximum absolute atomic E-state index is 12.7. The van der Waals surface area contributed by atoms with E-state index in [0.717, 1.165) is 59.2 Å². The number of hydrogen-bond donors (Lipinski definition) is 1. The zero-order valence-electron chi connectivity index (χ0n) is 31.4. The standard InChI is InChI=1S/C37H45NO17/c1-18(39)38-30-33(51-23(6)44)31(49-21(4)42)28(16-46-19(2)40)53-36(30)55-34-32(50-22(5)43)29(17-47-20(3)41)54-37(35(34)52-24(7)45)48-15-25-12-13-26-10-8-9-11-27(26)14-25/h8-14,28-37H,15-17H2,1-7H3,(H,38,39)/t28?,29?,30?,31-,32-,33-,34+,35?,36+,37-/m1/s1. The molecule has 4 rings (SSSR count). The zero-order chi connectivity index (χ0) is 40.4. The summed E-state index contributed by atoms with van der Waals surface area (Å²) < 4.78 is 57.9. The molecule has 0 saturated carbocycles. The summed E-state index contributed by atoms with van der Waals surface area (Å²) in [6.07, 6.45) is -13.4. The molecule has 2 aliphatic heterocycles. The molecule has 2 fully saturated rings. The molecule has 1 N–H and O–H groups in total. The summed E-state index contributed by atoms with van der Waals surface area (Å²) in [5.41, 5.74) is 0.704. The van der Waals surface area contributed by atoms with E-state index < -0.39 is 116 Å². The first-order valence-electron chi connectivity index (χ1n) is 17.3. The van der Waals surface area contributed by atoms with Crippen LogP contribution in [0.15, 0.2) is 42.5 Å². The van der Waals surface area contributed by atoms with Crippen LogP contribution in [0.2, 0.25) is 0 Å². The van der Waals surface area contributed by atoms with Gasteiger partial charge < -0.3 is 52.7 Å². The number of nitrogens with one attached hydrogen (secondary N) is 1. The number of hydrogen-bond acceptors (Lipinski definition) is 17. The van der Waals surface area contributed by atoms with Gasteiger partial charge in [-0.05, 0) is 22.4 Å². The number of rotatable bonds is 14. The third-order valence-electron chi connectivity index (χ3n) is 8.24. The molecule has 2 saturated heterocycles. The van der Waals surface area contributed by atoms with Gasteiger partial charge in [0.2, 0.25) is 5.91 Å². The smallest absolute Gasteiger partial charge is 0.303 e. The van der Waals surface area contributed by atoms with E-state index in [9.17, 15) is 33.6 Å². The van der Waals surface area contributed by atoms with Crippen molar-refractivity contribution in [1.29, 1.82) is 0 Å². The monoisotopic (exact) mass is 775 g/mol. The Bertz CT molecular complexity index is 1730. The second-order valence-corrected chi connectivity index (χ2v) is 12.8. The van der Waals surface area contributed by atoms with Crippen molar-refractivity contribution in [3.05, 3.63) is 48.0 Å². The molecule has 2 aliphatic rings. The molecule has 2 aromatic carbocycles. The quantitative estimate of drug-likeness (QED) is 0.212. The summed E-state index contributed by atoms with van der Waals surface area (Å²) >= 11 is 0. The van der Waals surface area contributed by atoms with Gasteiger partial charge in [0.25, 0.3) is 0 Å². The number of carbonyl (C=O) groups excluding carboxylic acids is 7. The van der Waals surface area contributed by atoms with Crippen LogP contribution in [0.5, 0.6) is 0 Å². The fourth-order valence-corrected chi connectivity index (χ4v) is 6.22. The van der Waals surface area contributed by atoms with Crippen molar-refractivity contribution in [2.45, 2.75) is 116 Å². The van der Waals surface area contributed by atoms with Crippen molar-refractivity contribution >= 4 is 52.5 Å². The Hall–Kier alpha value is -5.17. The van der Waals surface area contributed by atoms with Crippen LogP contribution >= 0.6 is 0 Å². The van der Waals surface area contributed by atoms with Gasteiger partial charge >= 0.3 is 35.8 Å². The normalized spacial score (nSPS) is 27.5. The fourth-order valence-electron chi connectivity index (χ4n) is 6.22. The molecule has 0 spiro atoms. The van der Waals surface area contributed by atoms with Gasteiger partial charge in [0.1, 0.15) is 37.6 Å². The molecule has 55 heavy (non-hydrogen) atoms. The average molecular weight is 776 g/mol. The minimum atomic E-state index is -1.70. The predicted molar refractivity (Wildman–Crippen MR) is 184 cm³/mol. The van der Waals surface area contributed by atoms with Crippen LogP contribution in [0.3, 0.4) is 0 Å². The fraction of sp³-hybridized carbons (Fsp3) is 0.541. The first kappa shape index (κ1) is 42.6. The molecule has 10 atom stereocenters. The summed E-state index contributed by atoms with van der Waals surface area (Å²) in [6, 6.07) is 11.8. The molecule has 0 bridgehead atoms. The third-order valence-corrected chi connectivity index (χ3v) is 8.24. The Balaban J connectivity index is 1.81. The van der Waals surface area contributed by atoms with Crippen LogP contribution in [0, 0.1) is 0 Å². The van der Waals surface area contributed by atoms with E-state index in [1.807, 2.05) is 42.5 Å². The van der Waals surface area contributed by atoms with Gasteiger partial charge in [-0.2, -0.15) is 0 Å².